The third kappa shape index (κ3) is 4.26. The topological polar surface area (TPSA) is 72.1 Å². The molecule has 7 heteroatoms. The summed E-state index contributed by atoms with van der Waals surface area (Å²) in [5, 5.41) is 10.2. The summed E-state index contributed by atoms with van der Waals surface area (Å²) in [5.74, 6) is 1.83. The number of aromatic nitrogens is 3. The maximum absolute atomic E-state index is 6.31. The van der Waals surface area contributed by atoms with Crippen molar-refractivity contribution >= 4 is 17.5 Å². The van der Waals surface area contributed by atoms with Crippen LogP contribution < -0.4 is 14.8 Å². The van der Waals surface area contributed by atoms with E-state index in [0.717, 1.165) is 5.56 Å². The molecule has 2 rings (SSSR count). The molecule has 0 radical (unpaired) electrons. The molecule has 0 saturated carbocycles. The van der Waals surface area contributed by atoms with Gasteiger partial charge >= 0.3 is 0 Å². The van der Waals surface area contributed by atoms with Crippen LogP contribution in [-0.2, 0) is 6.54 Å². The summed E-state index contributed by atoms with van der Waals surface area (Å²) in [4.78, 5) is 4.00. The highest BCUT2D eigenvalue weighted by atomic mass is 35.5. The fourth-order valence-electron chi connectivity index (χ4n) is 1.81. The highest BCUT2D eigenvalue weighted by molar-refractivity contribution is 6.32. The smallest absolute Gasteiger partial charge is 0.218 e. The molecule has 1 heterocycles. The van der Waals surface area contributed by atoms with Gasteiger partial charge in [-0.15, -0.1) is 0 Å². The van der Waals surface area contributed by atoms with E-state index in [1.165, 1.54) is 6.33 Å². The van der Waals surface area contributed by atoms with Crippen LogP contribution in [0.5, 0.6) is 11.5 Å². The summed E-state index contributed by atoms with van der Waals surface area (Å²) in [6.07, 6.45) is 1.47. The lowest BCUT2D eigenvalue weighted by Gasteiger charge is -2.17. The molecule has 21 heavy (non-hydrogen) atoms. The van der Waals surface area contributed by atoms with Crippen molar-refractivity contribution in [1.29, 1.82) is 0 Å². The van der Waals surface area contributed by atoms with E-state index in [0.29, 0.717) is 35.6 Å². The highest BCUT2D eigenvalue weighted by Crippen LogP contribution is 2.37. The quantitative estimate of drug-likeness (QED) is 0.821. The molecule has 2 N–H and O–H groups in total. The normalized spacial score (nSPS) is 10.7. The summed E-state index contributed by atoms with van der Waals surface area (Å²) >= 11 is 6.31. The van der Waals surface area contributed by atoms with Crippen LogP contribution >= 0.6 is 11.6 Å². The van der Waals surface area contributed by atoms with Crippen LogP contribution in [0, 0.1) is 0 Å². The van der Waals surface area contributed by atoms with Crippen molar-refractivity contribution in [3.05, 3.63) is 29.0 Å². The van der Waals surface area contributed by atoms with Crippen LogP contribution in [0.1, 0.15) is 26.3 Å². The molecule has 1 aromatic carbocycles. The zero-order chi connectivity index (χ0) is 15.2. The lowest BCUT2D eigenvalue weighted by atomic mass is 10.2. The van der Waals surface area contributed by atoms with E-state index < -0.39 is 0 Å². The number of aromatic amines is 1. The SMILES string of the molecule is CCOc1cc(CNc2ncn[nH]2)cc(Cl)c1OC(C)C. The second kappa shape index (κ2) is 7.17. The average molecular weight is 311 g/mol. The Labute approximate surface area is 128 Å². The fraction of sp³-hybridized carbons (Fsp3) is 0.429. The van der Waals surface area contributed by atoms with E-state index >= 15 is 0 Å². The van der Waals surface area contributed by atoms with Gasteiger partial charge in [0.15, 0.2) is 11.5 Å². The first-order valence-corrected chi connectivity index (χ1v) is 7.19. The van der Waals surface area contributed by atoms with Gasteiger partial charge in [0.2, 0.25) is 5.95 Å². The van der Waals surface area contributed by atoms with Crippen LogP contribution in [0.25, 0.3) is 0 Å². The van der Waals surface area contributed by atoms with Gasteiger partial charge in [0.1, 0.15) is 6.33 Å². The Kier molecular flexibility index (Phi) is 5.27. The van der Waals surface area contributed by atoms with Gasteiger partial charge in [-0.2, -0.15) is 5.10 Å². The Hall–Kier alpha value is -1.95. The number of nitrogens with one attached hydrogen (secondary N) is 2. The Bertz CT molecular complexity index is 573. The molecule has 0 bridgehead atoms. The van der Waals surface area contributed by atoms with Crippen LogP contribution in [0.15, 0.2) is 18.5 Å². The summed E-state index contributed by atoms with van der Waals surface area (Å²) in [6.45, 7) is 6.92. The molecular formula is C14H19ClN4O2. The second-order valence-electron chi connectivity index (χ2n) is 4.69. The summed E-state index contributed by atoms with van der Waals surface area (Å²) in [7, 11) is 0. The van der Waals surface area contributed by atoms with Crippen LogP contribution in [0.2, 0.25) is 5.02 Å². The molecule has 2 aromatic rings. The minimum Gasteiger partial charge on any atom is -0.490 e. The molecule has 0 spiro atoms. The van der Waals surface area contributed by atoms with Gasteiger partial charge in [0.05, 0.1) is 17.7 Å². The first-order chi connectivity index (χ1) is 10.1. The number of nitrogens with zero attached hydrogens (tertiary/aromatic N) is 2. The zero-order valence-electron chi connectivity index (χ0n) is 12.3. The standard InChI is InChI=1S/C14H19ClN4O2/c1-4-20-12-6-10(7-16-14-17-8-18-19-14)5-11(15)13(12)21-9(2)3/h5-6,8-9H,4,7H2,1-3H3,(H2,16,17,18,19). The molecule has 6 nitrogen and oxygen atoms in total. The molecule has 0 aliphatic carbocycles. The van der Waals surface area contributed by atoms with Crippen molar-refractivity contribution in [2.75, 3.05) is 11.9 Å². The van der Waals surface area contributed by atoms with E-state index in [9.17, 15) is 0 Å². The minimum absolute atomic E-state index is 0.0277. The predicted octanol–water partition coefficient (Wildman–Crippen LogP) is 3.26. The molecule has 0 aliphatic heterocycles. The molecule has 0 saturated heterocycles. The molecule has 1 aromatic heterocycles. The zero-order valence-corrected chi connectivity index (χ0v) is 13.1. The third-order valence-corrected chi connectivity index (χ3v) is 2.88. The van der Waals surface area contributed by atoms with E-state index in [4.69, 9.17) is 21.1 Å². The van der Waals surface area contributed by atoms with Gasteiger partial charge < -0.3 is 14.8 Å². The molecule has 0 unspecified atom stereocenters. The largest absolute Gasteiger partial charge is 0.490 e. The minimum atomic E-state index is 0.0277. The predicted molar refractivity (Wildman–Crippen MR) is 82.1 cm³/mol. The van der Waals surface area contributed by atoms with Gasteiger partial charge in [-0.1, -0.05) is 11.6 Å². The first kappa shape index (κ1) is 15.4. The maximum atomic E-state index is 6.31. The average Bonchev–Trinajstić information content (AvgIpc) is 2.93. The fourth-order valence-corrected chi connectivity index (χ4v) is 2.09. The van der Waals surface area contributed by atoms with Crippen molar-refractivity contribution in [2.24, 2.45) is 0 Å². The van der Waals surface area contributed by atoms with Crippen LogP contribution in [-0.4, -0.2) is 27.9 Å². The summed E-state index contributed by atoms with van der Waals surface area (Å²) in [6, 6.07) is 3.77. The lowest BCUT2D eigenvalue weighted by molar-refractivity contribution is 0.224. The number of ether oxygens (including phenoxy) is 2. The number of benzene rings is 1. The highest BCUT2D eigenvalue weighted by Gasteiger charge is 2.14. The van der Waals surface area contributed by atoms with E-state index in [1.54, 1.807) is 0 Å². The van der Waals surface area contributed by atoms with Crippen molar-refractivity contribution < 1.29 is 9.47 Å². The number of anilines is 1. The van der Waals surface area contributed by atoms with Crippen molar-refractivity contribution in [3.8, 4) is 11.5 Å². The molecule has 114 valence electrons. The monoisotopic (exact) mass is 310 g/mol. The Morgan fingerprint density at radius 3 is 2.81 bits per heavy atom. The van der Waals surface area contributed by atoms with E-state index in [1.807, 2.05) is 32.9 Å². The number of hydrogen-bond donors (Lipinski definition) is 2. The maximum Gasteiger partial charge on any atom is 0.218 e. The van der Waals surface area contributed by atoms with E-state index in [2.05, 4.69) is 20.5 Å². The molecule has 0 aliphatic rings. The van der Waals surface area contributed by atoms with Gasteiger partial charge in [0.25, 0.3) is 0 Å². The Morgan fingerprint density at radius 2 is 2.19 bits per heavy atom. The number of halogens is 1. The third-order valence-electron chi connectivity index (χ3n) is 2.60. The first-order valence-electron chi connectivity index (χ1n) is 6.81. The van der Waals surface area contributed by atoms with Gasteiger partial charge in [-0.25, -0.2) is 10.1 Å². The Balaban J connectivity index is 2.18. The molecule has 0 fully saturated rings. The lowest BCUT2D eigenvalue weighted by Crippen LogP contribution is -2.09. The molecule has 0 amide bonds. The van der Waals surface area contributed by atoms with Gasteiger partial charge in [0, 0.05) is 6.54 Å². The number of H-pyrrole nitrogens is 1. The Morgan fingerprint density at radius 1 is 1.38 bits per heavy atom. The van der Waals surface area contributed by atoms with Crippen LogP contribution in [0.4, 0.5) is 5.95 Å². The molecular weight excluding hydrogens is 292 g/mol. The van der Waals surface area contributed by atoms with E-state index in [-0.39, 0.29) is 6.10 Å². The van der Waals surface area contributed by atoms with Gasteiger partial charge in [-0.3, -0.25) is 0 Å². The second-order valence-corrected chi connectivity index (χ2v) is 5.10. The van der Waals surface area contributed by atoms with Crippen molar-refractivity contribution in [1.82, 2.24) is 15.2 Å². The van der Waals surface area contributed by atoms with Gasteiger partial charge in [-0.05, 0) is 38.5 Å². The number of hydrogen-bond acceptors (Lipinski definition) is 5. The number of rotatable bonds is 7. The van der Waals surface area contributed by atoms with Crippen LogP contribution in [0.3, 0.4) is 0 Å². The summed E-state index contributed by atoms with van der Waals surface area (Å²) in [5.41, 5.74) is 0.968. The van der Waals surface area contributed by atoms with Crippen molar-refractivity contribution in [2.45, 2.75) is 33.4 Å². The molecule has 0 atom stereocenters. The van der Waals surface area contributed by atoms with Crippen molar-refractivity contribution in [3.63, 3.8) is 0 Å². The summed E-state index contributed by atoms with van der Waals surface area (Å²) < 4.78 is 11.4.